The molecule has 2 aromatic heterocycles. The Morgan fingerprint density at radius 1 is 1.17 bits per heavy atom. The van der Waals surface area contributed by atoms with Gasteiger partial charge in [0.2, 0.25) is 0 Å². The zero-order valence-corrected chi connectivity index (χ0v) is 17.2. The van der Waals surface area contributed by atoms with Crippen LogP contribution in [0.25, 0.3) is 22.2 Å². The first-order valence-corrected chi connectivity index (χ1v) is 9.79. The van der Waals surface area contributed by atoms with Gasteiger partial charge in [0, 0.05) is 17.9 Å². The SMILES string of the molecule is CC(C)(C)n1ccc(C(=O)NCc2nc3ccc(-c4cccc(C#N)c4)cc3[nH]2)c1. The highest BCUT2D eigenvalue weighted by atomic mass is 16.1. The number of nitriles is 1. The third-order valence-corrected chi connectivity index (χ3v) is 5.00. The predicted molar refractivity (Wildman–Crippen MR) is 117 cm³/mol. The molecule has 0 fully saturated rings. The van der Waals surface area contributed by atoms with E-state index in [0.29, 0.717) is 23.5 Å². The van der Waals surface area contributed by atoms with Crippen LogP contribution in [0.4, 0.5) is 0 Å². The van der Waals surface area contributed by atoms with E-state index in [1.807, 2.05) is 59.4 Å². The number of H-pyrrole nitrogens is 1. The Hall–Kier alpha value is -3.85. The van der Waals surface area contributed by atoms with Crippen LogP contribution in [0, 0.1) is 11.3 Å². The summed E-state index contributed by atoms with van der Waals surface area (Å²) in [5, 5.41) is 12.0. The van der Waals surface area contributed by atoms with Gasteiger partial charge in [0.05, 0.1) is 34.8 Å². The summed E-state index contributed by atoms with van der Waals surface area (Å²) in [4.78, 5) is 20.3. The van der Waals surface area contributed by atoms with E-state index < -0.39 is 0 Å². The minimum Gasteiger partial charge on any atom is -0.348 e. The van der Waals surface area contributed by atoms with E-state index in [1.165, 1.54) is 0 Å². The molecule has 0 radical (unpaired) electrons. The molecule has 0 aliphatic heterocycles. The lowest BCUT2D eigenvalue weighted by Crippen LogP contribution is -2.24. The number of fused-ring (bicyclic) bond motifs is 1. The molecule has 0 aliphatic carbocycles. The number of carbonyl (C=O) groups is 1. The summed E-state index contributed by atoms with van der Waals surface area (Å²) in [6.07, 6.45) is 3.77. The minimum atomic E-state index is -0.132. The van der Waals surface area contributed by atoms with E-state index >= 15 is 0 Å². The third kappa shape index (κ3) is 3.96. The number of amides is 1. The summed E-state index contributed by atoms with van der Waals surface area (Å²) in [6, 6.07) is 17.4. The number of benzene rings is 2. The van der Waals surface area contributed by atoms with Crippen molar-refractivity contribution in [1.29, 1.82) is 5.26 Å². The van der Waals surface area contributed by atoms with Gasteiger partial charge in [0.1, 0.15) is 5.82 Å². The van der Waals surface area contributed by atoms with Crippen LogP contribution >= 0.6 is 0 Å². The molecule has 0 saturated carbocycles. The highest BCUT2D eigenvalue weighted by Gasteiger charge is 2.15. The second kappa shape index (κ2) is 7.53. The third-order valence-electron chi connectivity index (χ3n) is 5.00. The molecule has 4 rings (SSSR count). The maximum Gasteiger partial charge on any atom is 0.253 e. The summed E-state index contributed by atoms with van der Waals surface area (Å²) in [5.41, 5.74) is 4.88. The highest BCUT2D eigenvalue weighted by molar-refractivity contribution is 5.94. The molecule has 2 heterocycles. The first-order chi connectivity index (χ1) is 14.3. The molecule has 0 bridgehead atoms. The Morgan fingerprint density at radius 3 is 2.70 bits per heavy atom. The van der Waals surface area contributed by atoms with Crippen molar-refractivity contribution in [2.75, 3.05) is 0 Å². The zero-order valence-electron chi connectivity index (χ0n) is 17.2. The van der Waals surface area contributed by atoms with Crippen LogP contribution in [-0.2, 0) is 12.1 Å². The van der Waals surface area contributed by atoms with Gasteiger partial charge in [0.15, 0.2) is 0 Å². The Morgan fingerprint density at radius 2 is 1.97 bits per heavy atom. The van der Waals surface area contributed by atoms with Crippen molar-refractivity contribution in [3.8, 4) is 17.2 Å². The van der Waals surface area contributed by atoms with Crippen LogP contribution in [0.15, 0.2) is 60.9 Å². The maximum atomic E-state index is 12.5. The smallest absolute Gasteiger partial charge is 0.253 e. The number of hydrogen-bond acceptors (Lipinski definition) is 3. The van der Waals surface area contributed by atoms with Crippen molar-refractivity contribution in [2.45, 2.75) is 32.9 Å². The van der Waals surface area contributed by atoms with E-state index in [1.54, 1.807) is 6.07 Å². The van der Waals surface area contributed by atoms with Crippen molar-refractivity contribution >= 4 is 16.9 Å². The normalized spacial score (nSPS) is 11.4. The van der Waals surface area contributed by atoms with Crippen molar-refractivity contribution in [1.82, 2.24) is 19.9 Å². The van der Waals surface area contributed by atoms with Gasteiger partial charge in [0.25, 0.3) is 5.91 Å². The monoisotopic (exact) mass is 397 g/mol. The molecule has 0 atom stereocenters. The molecule has 2 aromatic carbocycles. The highest BCUT2D eigenvalue weighted by Crippen LogP contribution is 2.24. The Bertz CT molecular complexity index is 1270. The lowest BCUT2D eigenvalue weighted by molar-refractivity contribution is 0.0950. The summed E-state index contributed by atoms with van der Waals surface area (Å²) < 4.78 is 2.02. The van der Waals surface area contributed by atoms with Gasteiger partial charge in [-0.05, 0) is 62.2 Å². The van der Waals surface area contributed by atoms with Crippen LogP contribution in [0.1, 0.15) is 42.5 Å². The van der Waals surface area contributed by atoms with Crippen LogP contribution < -0.4 is 5.32 Å². The van der Waals surface area contributed by atoms with Gasteiger partial charge in [-0.3, -0.25) is 4.79 Å². The number of nitrogens with zero attached hydrogens (tertiary/aromatic N) is 3. The van der Waals surface area contributed by atoms with Crippen molar-refractivity contribution in [2.24, 2.45) is 0 Å². The van der Waals surface area contributed by atoms with E-state index in [9.17, 15) is 4.79 Å². The maximum absolute atomic E-state index is 12.5. The first-order valence-electron chi connectivity index (χ1n) is 9.79. The second-order valence-electron chi connectivity index (χ2n) is 8.27. The number of rotatable bonds is 4. The molecule has 0 spiro atoms. The fourth-order valence-corrected chi connectivity index (χ4v) is 3.31. The molecule has 6 heteroatoms. The standard InChI is InChI=1S/C24H23N5O/c1-24(2,3)29-10-9-19(15-29)23(30)26-14-22-27-20-8-7-18(12-21(20)28-22)17-6-4-5-16(11-17)13-25/h4-12,15H,14H2,1-3H3,(H,26,30)(H,27,28). The molecule has 0 aliphatic rings. The fraction of sp³-hybridized carbons (Fsp3) is 0.208. The molecule has 150 valence electrons. The van der Waals surface area contributed by atoms with Crippen LogP contribution in [0.3, 0.4) is 0 Å². The van der Waals surface area contributed by atoms with Gasteiger partial charge in [-0.2, -0.15) is 5.26 Å². The largest absolute Gasteiger partial charge is 0.348 e. The number of aromatic amines is 1. The van der Waals surface area contributed by atoms with Gasteiger partial charge in [-0.25, -0.2) is 4.98 Å². The molecule has 30 heavy (non-hydrogen) atoms. The van der Waals surface area contributed by atoms with Gasteiger partial charge < -0.3 is 14.9 Å². The summed E-state index contributed by atoms with van der Waals surface area (Å²) in [7, 11) is 0. The van der Waals surface area contributed by atoms with Crippen LogP contribution in [-0.4, -0.2) is 20.4 Å². The second-order valence-corrected chi connectivity index (χ2v) is 8.27. The topological polar surface area (TPSA) is 86.5 Å². The number of hydrogen-bond donors (Lipinski definition) is 2. The lowest BCUT2D eigenvalue weighted by atomic mass is 10.0. The number of imidazole rings is 1. The van der Waals surface area contributed by atoms with Gasteiger partial charge in [-0.1, -0.05) is 18.2 Å². The number of aromatic nitrogens is 3. The van der Waals surface area contributed by atoms with Crippen molar-refractivity contribution in [3.63, 3.8) is 0 Å². The average Bonchev–Trinajstić information content (AvgIpc) is 3.38. The Kier molecular flexibility index (Phi) is 4.88. The van der Waals surface area contributed by atoms with Gasteiger partial charge >= 0.3 is 0 Å². The van der Waals surface area contributed by atoms with Crippen LogP contribution in [0.5, 0.6) is 0 Å². The minimum absolute atomic E-state index is 0.0677. The van der Waals surface area contributed by atoms with E-state index in [4.69, 9.17) is 5.26 Å². The molecular weight excluding hydrogens is 374 g/mol. The molecular formula is C24H23N5O. The molecule has 0 saturated heterocycles. The average molecular weight is 397 g/mol. The summed E-state index contributed by atoms with van der Waals surface area (Å²) in [5.74, 6) is 0.559. The van der Waals surface area contributed by atoms with E-state index in [2.05, 4.69) is 42.1 Å². The Balaban J connectivity index is 1.49. The van der Waals surface area contributed by atoms with Gasteiger partial charge in [-0.15, -0.1) is 0 Å². The predicted octanol–water partition coefficient (Wildman–Crippen LogP) is 4.59. The quantitative estimate of drug-likeness (QED) is 0.528. The summed E-state index contributed by atoms with van der Waals surface area (Å²) in [6.45, 7) is 6.59. The van der Waals surface area contributed by atoms with E-state index in [0.717, 1.165) is 22.2 Å². The zero-order chi connectivity index (χ0) is 21.3. The number of carbonyl (C=O) groups excluding carboxylic acids is 1. The molecule has 1 amide bonds. The molecule has 0 unspecified atom stereocenters. The van der Waals surface area contributed by atoms with Crippen molar-refractivity contribution in [3.05, 3.63) is 77.9 Å². The first kappa shape index (κ1) is 19.5. The molecule has 2 N–H and O–H groups in total. The van der Waals surface area contributed by atoms with E-state index in [-0.39, 0.29) is 11.4 Å². The molecule has 6 nitrogen and oxygen atoms in total. The lowest BCUT2D eigenvalue weighted by Gasteiger charge is -2.20. The summed E-state index contributed by atoms with van der Waals surface area (Å²) >= 11 is 0. The Labute approximate surface area is 175 Å². The fourth-order valence-electron chi connectivity index (χ4n) is 3.31. The molecule has 4 aromatic rings. The van der Waals surface area contributed by atoms with Crippen LogP contribution in [0.2, 0.25) is 0 Å². The number of nitrogens with one attached hydrogen (secondary N) is 2. The van der Waals surface area contributed by atoms with Crippen molar-refractivity contribution < 1.29 is 4.79 Å².